The van der Waals surface area contributed by atoms with Gasteiger partial charge in [0.05, 0.1) is 6.04 Å². The van der Waals surface area contributed by atoms with E-state index in [1.54, 1.807) is 13.8 Å². The molecule has 7 heteroatoms. The van der Waals surface area contributed by atoms with Gasteiger partial charge in [-0.2, -0.15) is 0 Å². The number of benzene rings is 1. The van der Waals surface area contributed by atoms with Gasteiger partial charge in [0, 0.05) is 12.6 Å². The maximum Gasteiger partial charge on any atom is 0.293 e. The van der Waals surface area contributed by atoms with E-state index in [0.717, 1.165) is 18.2 Å². The van der Waals surface area contributed by atoms with Crippen molar-refractivity contribution < 1.29 is 13.6 Å². The SMILES string of the molecule is Cc1nc(C(=O)N(C)C(C)c2cc(F)ccc2F)n[nH]1. The van der Waals surface area contributed by atoms with Crippen LogP contribution in [0.5, 0.6) is 0 Å². The van der Waals surface area contributed by atoms with Crippen molar-refractivity contribution in [2.45, 2.75) is 19.9 Å². The maximum atomic E-state index is 13.7. The number of aryl methyl sites for hydroxylation is 1. The molecule has 0 radical (unpaired) electrons. The van der Waals surface area contributed by atoms with E-state index in [0.29, 0.717) is 5.82 Å². The summed E-state index contributed by atoms with van der Waals surface area (Å²) in [6.45, 7) is 3.27. The van der Waals surface area contributed by atoms with Gasteiger partial charge in [-0.3, -0.25) is 9.89 Å². The van der Waals surface area contributed by atoms with E-state index in [-0.39, 0.29) is 11.4 Å². The van der Waals surface area contributed by atoms with Gasteiger partial charge in [-0.05, 0) is 32.0 Å². The van der Waals surface area contributed by atoms with Gasteiger partial charge in [-0.1, -0.05) is 0 Å². The van der Waals surface area contributed by atoms with Crippen molar-refractivity contribution in [3.8, 4) is 0 Å². The Bertz CT molecular complexity index is 641. The molecule has 1 heterocycles. The highest BCUT2D eigenvalue weighted by molar-refractivity contribution is 5.90. The minimum Gasteiger partial charge on any atom is -0.332 e. The molecule has 5 nitrogen and oxygen atoms in total. The lowest BCUT2D eigenvalue weighted by molar-refractivity contribution is 0.0728. The molecule has 1 atom stereocenters. The highest BCUT2D eigenvalue weighted by Gasteiger charge is 2.24. The molecule has 0 saturated carbocycles. The Labute approximate surface area is 114 Å². The topological polar surface area (TPSA) is 61.9 Å². The minimum absolute atomic E-state index is 0.00587. The van der Waals surface area contributed by atoms with Gasteiger partial charge >= 0.3 is 0 Å². The maximum absolute atomic E-state index is 13.7. The first-order valence-corrected chi connectivity index (χ1v) is 6.01. The van der Waals surface area contributed by atoms with Crippen LogP contribution in [0.1, 0.15) is 35.0 Å². The van der Waals surface area contributed by atoms with E-state index in [9.17, 15) is 13.6 Å². The number of aromatic nitrogens is 3. The minimum atomic E-state index is -0.642. The average Bonchev–Trinajstić information content (AvgIpc) is 2.85. The number of rotatable bonds is 3. The predicted octanol–water partition coefficient (Wildman–Crippen LogP) is 2.22. The number of hydrogen-bond donors (Lipinski definition) is 1. The third-order valence-electron chi connectivity index (χ3n) is 3.10. The van der Waals surface area contributed by atoms with Gasteiger partial charge in [-0.25, -0.2) is 13.8 Å². The molecule has 0 aliphatic carbocycles. The molecule has 1 amide bonds. The van der Waals surface area contributed by atoms with Crippen molar-refractivity contribution in [2.24, 2.45) is 0 Å². The lowest BCUT2D eigenvalue weighted by Crippen LogP contribution is -2.31. The number of carbonyl (C=O) groups excluding carboxylic acids is 1. The fourth-order valence-corrected chi connectivity index (χ4v) is 1.82. The molecule has 106 valence electrons. The highest BCUT2D eigenvalue weighted by atomic mass is 19.1. The molecule has 0 spiro atoms. The molecule has 0 aliphatic heterocycles. The number of nitrogens with one attached hydrogen (secondary N) is 1. The molecular formula is C13H14F2N4O. The molecule has 0 saturated heterocycles. The fraction of sp³-hybridized carbons (Fsp3) is 0.308. The van der Waals surface area contributed by atoms with Crippen molar-refractivity contribution in [1.82, 2.24) is 20.1 Å². The highest BCUT2D eigenvalue weighted by Crippen LogP contribution is 2.23. The molecule has 2 aromatic rings. The van der Waals surface area contributed by atoms with Crippen molar-refractivity contribution in [3.05, 3.63) is 47.0 Å². The van der Waals surface area contributed by atoms with E-state index in [1.165, 1.54) is 11.9 Å². The van der Waals surface area contributed by atoms with E-state index < -0.39 is 23.6 Å². The number of carbonyl (C=O) groups is 1. The first-order valence-electron chi connectivity index (χ1n) is 6.01. The average molecular weight is 280 g/mol. The Balaban J connectivity index is 2.26. The van der Waals surface area contributed by atoms with Crippen LogP contribution in [0, 0.1) is 18.6 Å². The summed E-state index contributed by atoms with van der Waals surface area (Å²) in [5.74, 6) is -1.09. The van der Waals surface area contributed by atoms with Crippen LogP contribution >= 0.6 is 0 Å². The number of hydrogen-bond acceptors (Lipinski definition) is 3. The van der Waals surface area contributed by atoms with Crippen LogP contribution in [0.25, 0.3) is 0 Å². The second-order valence-corrected chi connectivity index (χ2v) is 4.50. The standard InChI is InChI=1S/C13H14F2N4O/c1-7(10-6-9(14)4-5-11(10)15)19(3)13(20)12-16-8(2)17-18-12/h4-7H,1-3H3,(H,16,17,18). The summed E-state index contributed by atoms with van der Waals surface area (Å²) in [6, 6.07) is 2.51. The molecule has 1 aromatic heterocycles. The third-order valence-corrected chi connectivity index (χ3v) is 3.10. The summed E-state index contributed by atoms with van der Waals surface area (Å²) in [6.07, 6.45) is 0. The zero-order chi connectivity index (χ0) is 14.9. The summed E-state index contributed by atoms with van der Waals surface area (Å²) in [7, 11) is 1.49. The van der Waals surface area contributed by atoms with Gasteiger partial charge in [0.1, 0.15) is 17.5 Å². The number of nitrogens with zero attached hydrogens (tertiary/aromatic N) is 3. The van der Waals surface area contributed by atoms with Gasteiger partial charge in [0.15, 0.2) is 0 Å². The number of halogens is 2. The molecular weight excluding hydrogens is 266 g/mol. The van der Waals surface area contributed by atoms with Crippen molar-refractivity contribution in [2.75, 3.05) is 7.05 Å². The second-order valence-electron chi connectivity index (χ2n) is 4.50. The second kappa shape index (κ2) is 5.36. The van der Waals surface area contributed by atoms with Gasteiger partial charge in [0.25, 0.3) is 5.91 Å². The monoisotopic (exact) mass is 280 g/mol. The smallest absolute Gasteiger partial charge is 0.293 e. The Morgan fingerprint density at radius 3 is 2.70 bits per heavy atom. The Kier molecular flexibility index (Phi) is 3.78. The Morgan fingerprint density at radius 2 is 2.10 bits per heavy atom. The van der Waals surface area contributed by atoms with Crippen LogP contribution in [0.3, 0.4) is 0 Å². The van der Waals surface area contributed by atoms with Gasteiger partial charge < -0.3 is 4.90 Å². The number of amides is 1. The summed E-state index contributed by atoms with van der Waals surface area (Å²) in [4.78, 5) is 17.3. The predicted molar refractivity (Wildman–Crippen MR) is 68.0 cm³/mol. The van der Waals surface area contributed by atoms with Crippen LogP contribution in [0.15, 0.2) is 18.2 Å². The first kappa shape index (κ1) is 14.1. The molecule has 0 aliphatic rings. The van der Waals surface area contributed by atoms with E-state index >= 15 is 0 Å². The molecule has 0 bridgehead atoms. The van der Waals surface area contributed by atoms with Crippen molar-refractivity contribution >= 4 is 5.91 Å². The molecule has 2 rings (SSSR count). The van der Waals surface area contributed by atoms with Crippen LogP contribution < -0.4 is 0 Å². The molecule has 0 fully saturated rings. The fourth-order valence-electron chi connectivity index (χ4n) is 1.82. The quantitative estimate of drug-likeness (QED) is 0.937. The van der Waals surface area contributed by atoms with Crippen LogP contribution in [0.4, 0.5) is 8.78 Å². The zero-order valence-corrected chi connectivity index (χ0v) is 11.3. The summed E-state index contributed by atoms with van der Waals surface area (Å²) in [5.41, 5.74) is 0.105. The first-order chi connectivity index (χ1) is 9.40. The number of aromatic amines is 1. The molecule has 1 aromatic carbocycles. The van der Waals surface area contributed by atoms with E-state index in [4.69, 9.17) is 0 Å². The summed E-state index contributed by atoms with van der Waals surface area (Å²) >= 11 is 0. The third kappa shape index (κ3) is 2.66. The van der Waals surface area contributed by atoms with Crippen LogP contribution in [0.2, 0.25) is 0 Å². The molecule has 1 unspecified atom stereocenters. The van der Waals surface area contributed by atoms with Crippen LogP contribution in [-0.2, 0) is 0 Å². The Hall–Kier alpha value is -2.31. The van der Waals surface area contributed by atoms with Gasteiger partial charge in [-0.15, -0.1) is 5.10 Å². The van der Waals surface area contributed by atoms with Gasteiger partial charge in [0.2, 0.25) is 5.82 Å². The normalized spacial score (nSPS) is 12.2. The van der Waals surface area contributed by atoms with Crippen molar-refractivity contribution in [3.63, 3.8) is 0 Å². The van der Waals surface area contributed by atoms with Crippen LogP contribution in [-0.4, -0.2) is 33.0 Å². The largest absolute Gasteiger partial charge is 0.332 e. The Morgan fingerprint density at radius 1 is 1.40 bits per heavy atom. The summed E-state index contributed by atoms with van der Waals surface area (Å²) in [5, 5.41) is 6.32. The van der Waals surface area contributed by atoms with E-state index in [2.05, 4.69) is 15.2 Å². The lowest BCUT2D eigenvalue weighted by Gasteiger charge is -2.24. The number of H-pyrrole nitrogens is 1. The molecule has 20 heavy (non-hydrogen) atoms. The summed E-state index contributed by atoms with van der Waals surface area (Å²) < 4.78 is 26.9. The molecule has 1 N–H and O–H groups in total. The van der Waals surface area contributed by atoms with Crippen molar-refractivity contribution in [1.29, 1.82) is 0 Å². The lowest BCUT2D eigenvalue weighted by atomic mass is 10.1. The zero-order valence-electron chi connectivity index (χ0n) is 11.3. The van der Waals surface area contributed by atoms with E-state index in [1.807, 2.05) is 0 Å².